The molecule has 2 aromatic carbocycles. The highest BCUT2D eigenvalue weighted by atomic mass is 16.5. The summed E-state index contributed by atoms with van der Waals surface area (Å²) in [5, 5.41) is 5.31. The SMILES string of the molecule is COc1ccc(CNC(=O)CNC(=O)c2ccc(OC)c(OC)c2)cc1OC. The highest BCUT2D eigenvalue weighted by Gasteiger charge is 2.12. The normalized spacial score (nSPS) is 10.0. The van der Waals surface area contributed by atoms with Crippen LogP contribution in [0.1, 0.15) is 15.9 Å². The lowest BCUT2D eigenvalue weighted by Crippen LogP contribution is -2.36. The van der Waals surface area contributed by atoms with Crippen LogP contribution in [0.3, 0.4) is 0 Å². The molecule has 2 amide bonds. The molecule has 0 fully saturated rings. The Morgan fingerprint density at radius 3 is 1.93 bits per heavy atom. The van der Waals surface area contributed by atoms with Gasteiger partial charge < -0.3 is 29.6 Å². The van der Waals surface area contributed by atoms with Gasteiger partial charge in [0, 0.05) is 12.1 Å². The number of amides is 2. The minimum absolute atomic E-state index is 0.152. The van der Waals surface area contributed by atoms with Crippen LogP contribution < -0.4 is 29.6 Å². The van der Waals surface area contributed by atoms with Crippen molar-refractivity contribution >= 4 is 11.8 Å². The van der Waals surface area contributed by atoms with Crippen molar-refractivity contribution in [1.82, 2.24) is 10.6 Å². The number of carbonyl (C=O) groups excluding carboxylic acids is 2. The Hall–Kier alpha value is -3.42. The first-order valence-corrected chi connectivity index (χ1v) is 8.50. The molecule has 0 aromatic heterocycles. The average Bonchev–Trinajstić information content (AvgIpc) is 2.74. The fraction of sp³-hybridized carbons (Fsp3) is 0.300. The molecule has 8 heteroatoms. The second kappa shape index (κ2) is 10.1. The van der Waals surface area contributed by atoms with Crippen molar-refractivity contribution in [3.8, 4) is 23.0 Å². The van der Waals surface area contributed by atoms with Gasteiger partial charge in [0.05, 0.1) is 35.0 Å². The third kappa shape index (κ3) is 5.29. The largest absolute Gasteiger partial charge is 0.493 e. The van der Waals surface area contributed by atoms with Gasteiger partial charge >= 0.3 is 0 Å². The fourth-order valence-electron chi connectivity index (χ4n) is 2.49. The van der Waals surface area contributed by atoms with Crippen molar-refractivity contribution in [2.45, 2.75) is 6.54 Å². The van der Waals surface area contributed by atoms with Gasteiger partial charge in [-0.15, -0.1) is 0 Å². The van der Waals surface area contributed by atoms with Crippen molar-refractivity contribution < 1.29 is 28.5 Å². The first kappa shape index (κ1) is 20.9. The molecule has 0 saturated heterocycles. The molecule has 2 rings (SSSR count). The summed E-state index contributed by atoms with van der Waals surface area (Å²) in [6.07, 6.45) is 0. The van der Waals surface area contributed by atoms with Gasteiger partial charge in [-0.3, -0.25) is 9.59 Å². The molecular weight excluding hydrogens is 364 g/mol. The lowest BCUT2D eigenvalue weighted by Gasteiger charge is -2.11. The van der Waals surface area contributed by atoms with E-state index in [2.05, 4.69) is 10.6 Å². The molecule has 0 bridgehead atoms. The van der Waals surface area contributed by atoms with E-state index in [0.717, 1.165) is 5.56 Å². The highest BCUT2D eigenvalue weighted by molar-refractivity contribution is 5.97. The smallest absolute Gasteiger partial charge is 0.251 e. The van der Waals surface area contributed by atoms with Gasteiger partial charge in [-0.25, -0.2) is 0 Å². The number of rotatable bonds is 9. The van der Waals surface area contributed by atoms with Crippen molar-refractivity contribution in [2.24, 2.45) is 0 Å². The van der Waals surface area contributed by atoms with Crippen LogP contribution in [0, 0.1) is 0 Å². The minimum atomic E-state index is -0.387. The number of hydrogen-bond donors (Lipinski definition) is 2. The van der Waals surface area contributed by atoms with E-state index in [1.807, 2.05) is 6.07 Å². The molecule has 0 atom stereocenters. The van der Waals surface area contributed by atoms with Crippen LogP contribution in [-0.4, -0.2) is 46.8 Å². The molecule has 28 heavy (non-hydrogen) atoms. The predicted octanol–water partition coefficient (Wildman–Crippen LogP) is 1.77. The van der Waals surface area contributed by atoms with Crippen molar-refractivity contribution in [3.63, 3.8) is 0 Å². The van der Waals surface area contributed by atoms with E-state index in [9.17, 15) is 9.59 Å². The highest BCUT2D eigenvalue weighted by Crippen LogP contribution is 2.28. The van der Waals surface area contributed by atoms with Gasteiger partial charge in [0.15, 0.2) is 23.0 Å². The summed E-state index contributed by atoms with van der Waals surface area (Å²) >= 11 is 0. The predicted molar refractivity (Wildman–Crippen MR) is 103 cm³/mol. The first-order chi connectivity index (χ1) is 13.5. The summed E-state index contributed by atoms with van der Waals surface area (Å²) in [6, 6.07) is 10.1. The van der Waals surface area contributed by atoms with Crippen LogP contribution >= 0.6 is 0 Å². The summed E-state index contributed by atoms with van der Waals surface area (Å²) in [7, 11) is 6.10. The van der Waals surface area contributed by atoms with Crippen molar-refractivity contribution in [1.29, 1.82) is 0 Å². The molecule has 0 unspecified atom stereocenters. The van der Waals surface area contributed by atoms with Crippen LogP contribution in [0.25, 0.3) is 0 Å². The third-order valence-electron chi connectivity index (χ3n) is 3.99. The van der Waals surface area contributed by atoms with E-state index < -0.39 is 0 Å². The van der Waals surface area contributed by atoms with Crippen molar-refractivity contribution in [2.75, 3.05) is 35.0 Å². The van der Waals surface area contributed by atoms with Gasteiger partial charge in [0.1, 0.15) is 0 Å². The molecule has 0 radical (unpaired) electrons. The Kier molecular flexibility index (Phi) is 7.50. The number of nitrogens with one attached hydrogen (secondary N) is 2. The average molecular weight is 388 g/mol. The van der Waals surface area contributed by atoms with Crippen LogP contribution in [0.2, 0.25) is 0 Å². The third-order valence-corrected chi connectivity index (χ3v) is 3.99. The second-order valence-corrected chi connectivity index (χ2v) is 5.72. The molecule has 0 saturated carbocycles. The Bertz CT molecular complexity index is 837. The van der Waals surface area contributed by atoms with E-state index >= 15 is 0 Å². The monoisotopic (exact) mass is 388 g/mol. The molecule has 150 valence electrons. The Morgan fingerprint density at radius 1 is 0.750 bits per heavy atom. The number of hydrogen-bond acceptors (Lipinski definition) is 6. The number of carbonyl (C=O) groups is 2. The summed E-state index contributed by atoms with van der Waals surface area (Å²) in [5.74, 6) is 1.45. The number of methoxy groups -OCH3 is 4. The number of benzene rings is 2. The van der Waals surface area contributed by atoms with Crippen LogP contribution in [0.4, 0.5) is 0 Å². The standard InChI is InChI=1S/C20H24N2O6/c1-25-15-7-5-13(9-17(15)27-3)11-21-19(23)12-22-20(24)14-6-8-16(26-2)18(10-14)28-4/h5-10H,11-12H2,1-4H3,(H,21,23)(H,22,24). The van der Waals surface area contributed by atoms with Gasteiger partial charge in [0.2, 0.25) is 5.91 Å². The van der Waals surface area contributed by atoms with E-state index in [0.29, 0.717) is 35.1 Å². The van der Waals surface area contributed by atoms with E-state index in [1.165, 1.54) is 14.2 Å². The van der Waals surface area contributed by atoms with Crippen LogP contribution in [-0.2, 0) is 11.3 Å². The maximum atomic E-state index is 12.2. The summed E-state index contributed by atoms with van der Waals surface area (Å²) in [6.45, 7) is 0.145. The minimum Gasteiger partial charge on any atom is -0.493 e. The van der Waals surface area contributed by atoms with E-state index in [-0.39, 0.29) is 18.4 Å². The topological polar surface area (TPSA) is 95.1 Å². The quantitative estimate of drug-likeness (QED) is 0.680. The molecule has 0 spiro atoms. The van der Waals surface area contributed by atoms with Crippen LogP contribution in [0.5, 0.6) is 23.0 Å². The van der Waals surface area contributed by atoms with Crippen LogP contribution in [0.15, 0.2) is 36.4 Å². The van der Waals surface area contributed by atoms with Crippen molar-refractivity contribution in [3.05, 3.63) is 47.5 Å². The lowest BCUT2D eigenvalue weighted by atomic mass is 10.2. The maximum Gasteiger partial charge on any atom is 0.251 e. The second-order valence-electron chi connectivity index (χ2n) is 5.72. The van der Waals surface area contributed by atoms with Gasteiger partial charge in [-0.1, -0.05) is 6.07 Å². The van der Waals surface area contributed by atoms with E-state index in [4.69, 9.17) is 18.9 Å². The summed E-state index contributed by atoms with van der Waals surface area (Å²) in [4.78, 5) is 24.3. The first-order valence-electron chi connectivity index (χ1n) is 8.50. The maximum absolute atomic E-state index is 12.2. The molecule has 8 nitrogen and oxygen atoms in total. The molecule has 0 aliphatic heterocycles. The molecule has 0 aliphatic carbocycles. The Morgan fingerprint density at radius 2 is 1.32 bits per heavy atom. The van der Waals surface area contributed by atoms with E-state index in [1.54, 1.807) is 44.6 Å². The summed E-state index contributed by atoms with van der Waals surface area (Å²) < 4.78 is 20.7. The molecule has 2 aromatic rings. The zero-order valence-corrected chi connectivity index (χ0v) is 16.3. The lowest BCUT2D eigenvalue weighted by molar-refractivity contribution is -0.120. The summed E-state index contributed by atoms with van der Waals surface area (Å²) in [5.41, 5.74) is 1.21. The molecule has 2 N–H and O–H groups in total. The molecule has 0 aliphatic rings. The number of ether oxygens (including phenoxy) is 4. The Balaban J connectivity index is 1.88. The zero-order chi connectivity index (χ0) is 20.5. The Labute approximate surface area is 163 Å². The van der Waals surface area contributed by atoms with Gasteiger partial charge in [0.25, 0.3) is 5.91 Å². The molecule has 0 heterocycles. The van der Waals surface area contributed by atoms with Gasteiger partial charge in [-0.2, -0.15) is 0 Å². The van der Waals surface area contributed by atoms with Gasteiger partial charge in [-0.05, 0) is 35.9 Å². The zero-order valence-electron chi connectivity index (χ0n) is 16.3. The molecular formula is C20H24N2O6. The fourth-order valence-corrected chi connectivity index (χ4v) is 2.49.